The number of carboxylic acids is 1. The highest BCUT2D eigenvalue weighted by molar-refractivity contribution is 9.10. The van der Waals surface area contributed by atoms with Crippen molar-refractivity contribution in [3.63, 3.8) is 0 Å². The number of hydrogen-bond donors (Lipinski definition) is 2. The number of aliphatic carboxylic acids is 1. The normalized spacial score (nSPS) is 18.5. The molecular weight excluding hydrogens is 383 g/mol. The molecule has 2 rings (SSSR count). The van der Waals surface area contributed by atoms with Crippen LogP contribution in [0.1, 0.15) is 16.8 Å². The first-order chi connectivity index (χ1) is 10.1. The number of nitrogens with zero attached hydrogens (tertiary/aromatic N) is 1. The number of amides is 1. The van der Waals surface area contributed by atoms with Crippen LogP contribution in [0.2, 0.25) is 0 Å². The third kappa shape index (κ3) is 3.28. The molecule has 22 heavy (non-hydrogen) atoms. The Morgan fingerprint density at radius 1 is 1.41 bits per heavy atom. The molecule has 0 saturated carbocycles. The number of halogens is 2. The highest BCUT2D eigenvalue weighted by atomic mass is 79.9. The lowest BCUT2D eigenvalue weighted by Crippen LogP contribution is -2.30. The van der Waals surface area contributed by atoms with E-state index in [4.69, 9.17) is 10.2 Å². The molecule has 1 aliphatic heterocycles. The van der Waals surface area contributed by atoms with Gasteiger partial charge in [0.1, 0.15) is 5.82 Å². The van der Waals surface area contributed by atoms with Gasteiger partial charge in [-0.15, -0.1) is 0 Å². The molecule has 1 saturated heterocycles. The van der Waals surface area contributed by atoms with Crippen LogP contribution in [0, 0.1) is 11.7 Å². The van der Waals surface area contributed by atoms with E-state index < -0.39 is 38.5 Å². The van der Waals surface area contributed by atoms with E-state index >= 15 is 0 Å². The van der Waals surface area contributed by atoms with Crippen LogP contribution in [0.3, 0.4) is 0 Å². The molecule has 0 unspecified atom stereocenters. The van der Waals surface area contributed by atoms with Crippen molar-refractivity contribution in [1.82, 2.24) is 4.90 Å². The van der Waals surface area contributed by atoms with E-state index in [0.29, 0.717) is 6.07 Å². The summed E-state index contributed by atoms with van der Waals surface area (Å²) in [6, 6.07) is 1.59. The van der Waals surface area contributed by atoms with E-state index in [1.807, 2.05) is 0 Å². The lowest BCUT2D eigenvalue weighted by atomic mass is 10.1. The van der Waals surface area contributed by atoms with Gasteiger partial charge in [0.2, 0.25) is 10.0 Å². The Morgan fingerprint density at radius 2 is 2.05 bits per heavy atom. The third-order valence-corrected chi connectivity index (χ3v) is 5.42. The van der Waals surface area contributed by atoms with Crippen molar-refractivity contribution < 1.29 is 27.5 Å². The minimum Gasteiger partial charge on any atom is -0.481 e. The molecule has 120 valence electrons. The molecule has 0 radical (unpaired) electrons. The first kappa shape index (κ1) is 16.8. The zero-order chi connectivity index (χ0) is 16.7. The second kappa shape index (κ2) is 5.94. The van der Waals surface area contributed by atoms with Crippen LogP contribution in [-0.4, -0.2) is 43.4 Å². The fraction of sp³-hybridized carbons (Fsp3) is 0.333. The number of hydrogen-bond acceptors (Lipinski definition) is 4. The minimum atomic E-state index is -4.21. The van der Waals surface area contributed by atoms with Gasteiger partial charge in [0.15, 0.2) is 0 Å². The summed E-state index contributed by atoms with van der Waals surface area (Å²) in [5.41, 5.74) is -0.213. The van der Waals surface area contributed by atoms with E-state index in [1.54, 1.807) is 0 Å². The number of likely N-dealkylation sites (tertiary alicyclic amines) is 1. The summed E-state index contributed by atoms with van der Waals surface area (Å²) >= 11 is 2.95. The quantitative estimate of drug-likeness (QED) is 0.785. The van der Waals surface area contributed by atoms with Gasteiger partial charge >= 0.3 is 5.97 Å². The fourth-order valence-electron chi connectivity index (χ4n) is 2.24. The lowest BCUT2D eigenvalue weighted by molar-refractivity contribution is -0.141. The van der Waals surface area contributed by atoms with Crippen LogP contribution in [0.15, 0.2) is 21.5 Å². The van der Waals surface area contributed by atoms with Crippen molar-refractivity contribution in [1.29, 1.82) is 0 Å². The van der Waals surface area contributed by atoms with Gasteiger partial charge in [-0.1, -0.05) is 0 Å². The fourth-order valence-corrected chi connectivity index (χ4v) is 3.96. The molecule has 7 nitrogen and oxygen atoms in total. The summed E-state index contributed by atoms with van der Waals surface area (Å²) in [4.78, 5) is 24.0. The molecule has 10 heteroatoms. The second-order valence-corrected chi connectivity index (χ2v) is 7.21. The van der Waals surface area contributed by atoms with Gasteiger partial charge in [0, 0.05) is 13.1 Å². The molecule has 0 aromatic heterocycles. The molecule has 1 aliphatic rings. The van der Waals surface area contributed by atoms with E-state index in [0.717, 1.165) is 6.07 Å². The highest BCUT2D eigenvalue weighted by Gasteiger charge is 2.33. The van der Waals surface area contributed by atoms with E-state index in [2.05, 4.69) is 15.9 Å². The minimum absolute atomic E-state index is 0.0121. The van der Waals surface area contributed by atoms with Crippen LogP contribution in [0.5, 0.6) is 0 Å². The molecule has 1 atom stereocenters. The van der Waals surface area contributed by atoms with Crippen LogP contribution in [0.4, 0.5) is 4.39 Å². The Morgan fingerprint density at radius 3 is 2.55 bits per heavy atom. The smallest absolute Gasteiger partial charge is 0.308 e. The summed E-state index contributed by atoms with van der Waals surface area (Å²) in [7, 11) is -4.21. The van der Waals surface area contributed by atoms with Crippen molar-refractivity contribution in [2.24, 2.45) is 11.1 Å². The SMILES string of the molecule is NS(=O)(=O)c1cc(F)cc(C(=O)N2CC[C@@H](C(=O)O)C2)c1Br. The number of nitrogens with two attached hydrogens (primary N) is 1. The first-order valence-electron chi connectivity index (χ1n) is 6.15. The Kier molecular flexibility index (Phi) is 4.54. The number of carboxylic acid groups (broad SMARTS) is 1. The van der Waals surface area contributed by atoms with Crippen LogP contribution in [-0.2, 0) is 14.8 Å². The Balaban J connectivity index is 2.39. The van der Waals surface area contributed by atoms with Gasteiger partial charge < -0.3 is 10.0 Å². The summed E-state index contributed by atoms with van der Waals surface area (Å²) in [6.45, 7) is 0.186. The molecule has 0 aliphatic carbocycles. The van der Waals surface area contributed by atoms with Gasteiger partial charge in [-0.2, -0.15) is 0 Å². The zero-order valence-electron chi connectivity index (χ0n) is 11.1. The molecule has 3 N–H and O–H groups in total. The van der Waals surface area contributed by atoms with E-state index in [9.17, 15) is 22.4 Å². The second-order valence-electron chi connectivity index (χ2n) is 4.89. The van der Waals surface area contributed by atoms with Crippen LogP contribution < -0.4 is 5.14 Å². The van der Waals surface area contributed by atoms with Crippen molar-refractivity contribution in [3.8, 4) is 0 Å². The number of primary sulfonamides is 1. The van der Waals surface area contributed by atoms with Crippen molar-refractivity contribution in [2.75, 3.05) is 13.1 Å². The molecule has 1 amide bonds. The Labute approximate surface area is 134 Å². The molecule has 1 aromatic carbocycles. The van der Waals surface area contributed by atoms with Gasteiger partial charge in [-0.05, 0) is 34.5 Å². The molecule has 1 fully saturated rings. The summed E-state index contributed by atoms with van der Waals surface area (Å²) in [5.74, 6) is -3.28. The molecular formula is C12H12BrFN2O5S. The monoisotopic (exact) mass is 394 g/mol. The maximum Gasteiger partial charge on any atom is 0.308 e. The Bertz CT molecular complexity index is 752. The van der Waals surface area contributed by atoms with Gasteiger partial charge in [-0.25, -0.2) is 17.9 Å². The van der Waals surface area contributed by atoms with Gasteiger partial charge in [-0.3, -0.25) is 9.59 Å². The topological polar surface area (TPSA) is 118 Å². The van der Waals surface area contributed by atoms with Crippen LogP contribution in [0.25, 0.3) is 0 Å². The maximum absolute atomic E-state index is 13.6. The standard InChI is InChI=1S/C12H12BrFN2O5S/c13-10-8(3-7(14)4-9(10)22(15,20)21)11(17)16-2-1-6(5-16)12(18)19/h3-4,6H,1-2,5H2,(H,18,19)(H2,15,20,21)/t6-/m1/s1. The predicted molar refractivity (Wildman–Crippen MR) is 77.1 cm³/mol. The number of sulfonamides is 1. The summed E-state index contributed by atoms with van der Waals surface area (Å²) in [6.07, 6.45) is 0.288. The molecule has 0 bridgehead atoms. The molecule has 0 spiro atoms. The third-order valence-electron chi connectivity index (χ3n) is 3.37. The molecule has 1 aromatic rings. The van der Waals surface area contributed by atoms with Crippen molar-refractivity contribution in [3.05, 3.63) is 28.0 Å². The highest BCUT2D eigenvalue weighted by Crippen LogP contribution is 2.29. The van der Waals surface area contributed by atoms with E-state index in [-0.39, 0.29) is 29.5 Å². The summed E-state index contributed by atoms with van der Waals surface area (Å²) in [5, 5.41) is 13.9. The Hall–Kier alpha value is -1.52. The number of carbonyl (C=O) groups excluding carboxylic acids is 1. The van der Waals surface area contributed by atoms with Gasteiger partial charge in [0.25, 0.3) is 5.91 Å². The van der Waals surface area contributed by atoms with E-state index in [1.165, 1.54) is 4.90 Å². The van der Waals surface area contributed by atoms with Gasteiger partial charge in [0.05, 0.1) is 20.8 Å². The number of benzene rings is 1. The maximum atomic E-state index is 13.6. The van der Waals surface area contributed by atoms with Crippen LogP contribution >= 0.6 is 15.9 Å². The van der Waals surface area contributed by atoms with Crippen molar-refractivity contribution in [2.45, 2.75) is 11.3 Å². The van der Waals surface area contributed by atoms with Crippen molar-refractivity contribution >= 4 is 37.8 Å². The average Bonchev–Trinajstić information content (AvgIpc) is 2.88. The number of rotatable bonds is 3. The lowest BCUT2D eigenvalue weighted by Gasteiger charge is -2.17. The molecule has 1 heterocycles. The number of carbonyl (C=O) groups is 2. The predicted octanol–water partition coefficient (Wildman–Crippen LogP) is 0.782. The first-order valence-corrected chi connectivity index (χ1v) is 8.49. The summed E-state index contributed by atoms with van der Waals surface area (Å²) < 4.78 is 36.3. The zero-order valence-corrected chi connectivity index (χ0v) is 13.5. The average molecular weight is 395 g/mol. The largest absolute Gasteiger partial charge is 0.481 e.